The molecule has 0 spiro atoms. The van der Waals surface area contributed by atoms with Crippen molar-refractivity contribution in [1.82, 2.24) is 0 Å². The maximum absolute atomic E-state index is 6.16. The van der Waals surface area contributed by atoms with Crippen molar-refractivity contribution in [2.75, 3.05) is 21.3 Å². The molecule has 3 saturated carbocycles. The number of hydrogen-bond donors (Lipinski definition) is 0. The molecule has 3 rings (SSSR count). The average Bonchev–Trinajstić information content (AvgIpc) is 3.40. The summed E-state index contributed by atoms with van der Waals surface area (Å²) in [6.07, 6.45) is 16.6. The second kappa shape index (κ2) is 8.71. The quantitative estimate of drug-likeness (QED) is 0.480. The first-order chi connectivity index (χ1) is 12.9. The number of rotatable bonds is 9. The Morgan fingerprint density at radius 3 is 2.15 bits per heavy atom. The molecular formula is C24H44O3. The Bertz CT molecular complexity index is 472. The Morgan fingerprint density at radius 1 is 0.852 bits per heavy atom. The molecule has 0 heterocycles. The molecule has 0 aliphatic heterocycles. The smallest absolute Gasteiger partial charge is 0.0704 e. The van der Waals surface area contributed by atoms with Crippen molar-refractivity contribution in [3.63, 3.8) is 0 Å². The van der Waals surface area contributed by atoms with Gasteiger partial charge in [-0.25, -0.2) is 0 Å². The highest BCUT2D eigenvalue weighted by Crippen LogP contribution is 2.48. The van der Waals surface area contributed by atoms with E-state index >= 15 is 0 Å². The first-order valence-electron chi connectivity index (χ1n) is 11.5. The van der Waals surface area contributed by atoms with Crippen LogP contribution in [0.25, 0.3) is 0 Å². The fourth-order valence-corrected chi connectivity index (χ4v) is 6.72. The van der Waals surface area contributed by atoms with Crippen molar-refractivity contribution in [3.8, 4) is 0 Å². The SMILES string of the molecule is COC1(C)CCC(CCC2(OC)CCC(CC(C)C3(OC)CCCC3)C2)C1. The first-order valence-corrected chi connectivity index (χ1v) is 11.5. The van der Waals surface area contributed by atoms with Crippen LogP contribution in [0.3, 0.4) is 0 Å². The Hall–Kier alpha value is -0.120. The molecule has 158 valence electrons. The summed E-state index contributed by atoms with van der Waals surface area (Å²) in [5, 5.41) is 0. The fourth-order valence-electron chi connectivity index (χ4n) is 6.72. The van der Waals surface area contributed by atoms with Gasteiger partial charge in [-0.1, -0.05) is 19.8 Å². The predicted molar refractivity (Wildman–Crippen MR) is 111 cm³/mol. The minimum Gasteiger partial charge on any atom is -0.379 e. The minimum atomic E-state index is 0.119. The van der Waals surface area contributed by atoms with Crippen molar-refractivity contribution in [3.05, 3.63) is 0 Å². The third kappa shape index (κ3) is 4.73. The van der Waals surface area contributed by atoms with Gasteiger partial charge in [-0.15, -0.1) is 0 Å². The Balaban J connectivity index is 1.50. The normalized spacial score (nSPS) is 39.9. The minimum absolute atomic E-state index is 0.119. The fraction of sp³-hybridized carbons (Fsp3) is 1.00. The average molecular weight is 381 g/mol. The van der Waals surface area contributed by atoms with Gasteiger partial charge < -0.3 is 14.2 Å². The van der Waals surface area contributed by atoms with E-state index in [1.54, 1.807) is 0 Å². The van der Waals surface area contributed by atoms with Gasteiger partial charge >= 0.3 is 0 Å². The van der Waals surface area contributed by atoms with Gasteiger partial charge in [0.25, 0.3) is 0 Å². The van der Waals surface area contributed by atoms with E-state index in [4.69, 9.17) is 14.2 Å². The van der Waals surface area contributed by atoms with E-state index in [2.05, 4.69) is 13.8 Å². The van der Waals surface area contributed by atoms with Gasteiger partial charge in [-0.3, -0.25) is 0 Å². The van der Waals surface area contributed by atoms with Gasteiger partial charge in [0.15, 0.2) is 0 Å². The highest BCUT2D eigenvalue weighted by atomic mass is 16.5. The monoisotopic (exact) mass is 380 g/mol. The molecule has 0 aromatic heterocycles. The summed E-state index contributed by atoms with van der Waals surface area (Å²) in [5.74, 6) is 2.29. The highest BCUT2D eigenvalue weighted by molar-refractivity contribution is 4.97. The van der Waals surface area contributed by atoms with E-state index in [1.165, 1.54) is 83.5 Å². The molecule has 3 fully saturated rings. The lowest BCUT2D eigenvalue weighted by Gasteiger charge is -2.36. The number of methoxy groups -OCH3 is 3. The Labute approximate surface area is 167 Å². The summed E-state index contributed by atoms with van der Waals surface area (Å²) in [5.41, 5.74) is 0.410. The molecule has 0 aromatic carbocycles. The summed E-state index contributed by atoms with van der Waals surface area (Å²) in [7, 11) is 5.76. The summed E-state index contributed by atoms with van der Waals surface area (Å²) in [4.78, 5) is 0. The lowest BCUT2D eigenvalue weighted by atomic mass is 9.79. The zero-order chi connectivity index (χ0) is 19.5. The molecule has 0 N–H and O–H groups in total. The molecule has 3 nitrogen and oxygen atoms in total. The van der Waals surface area contributed by atoms with Crippen LogP contribution in [0.4, 0.5) is 0 Å². The van der Waals surface area contributed by atoms with Gasteiger partial charge in [0.2, 0.25) is 0 Å². The topological polar surface area (TPSA) is 27.7 Å². The van der Waals surface area contributed by atoms with Crippen molar-refractivity contribution in [2.24, 2.45) is 17.8 Å². The largest absolute Gasteiger partial charge is 0.379 e. The molecule has 3 aliphatic rings. The van der Waals surface area contributed by atoms with Gasteiger partial charge in [0.1, 0.15) is 0 Å². The third-order valence-corrected chi connectivity index (χ3v) is 8.85. The highest BCUT2D eigenvalue weighted by Gasteiger charge is 2.45. The van der Waals surface area contributed by atoms with Crippen LogP contribution in [-0.4, -0.2) is 38.1 Å². The Morgan fingerprint density at radius 2 is 1.56 bits per heavy atom. The second-order valence-corrected chi connectivity index (χ2v) is 10.4. The van der Waals surface area contributed by atoms with Crippen molar-refractivity contribution in [2.45, 2.75) is 114 Å². The van der Waals surface area contributed by atoms with Crippen LogP contribution < -0.4 is 0 Å². The molecule has 0 saturated heterocycles. The molecular weight excluding hydrogens is 336 g/mol. The molecule has 27 heavy (non-hydrogen) atoms. The molecule has 3 heteroatoms. The van der Waals surface area contributed by atoms with Crippen molar-refractivity contribution < 1.29 is 14.2 Å². The van der Waals surface area contributed by atoms with E-state index in [0.717, 1.165) is 11.8 Å². The lowest BCUT2D eigenvalue weighted by Crippen LogP contribution is -2.36. The maximum Gasteiger partial charge on any atom is 0.0704 e. The van der Waals surface area contributed by atoms with E-state index in [9.17, 15) is 0 Å². The molecule has 5 unspecified atom stereocenters. The summed E-state index contributed by atoms with van der Waals surface area (Å²) < 4.78 is 18.0. The van der Waals surface area contributed by atoms with Gasteiger partial charge in [-0.05, 0) is 95.3 Å². The van der Waals surface area contributed by atoms with Crippen molar-refractivity contribution in [1.29, 1.82) is 0 Å². The number of ether oxygens (including phenoxy) is 3. The van der Waals surface area contributed by atoms with E-state index in [1.807, 2.05) is 21.3 Å². The van der Waals surface area contributed by atoms with Crippen LogP contribution in [0.5, 0.6) is 0 Å². The molecule has 0 aromatic rings. The second-order valence-electron chi connectivity index (χ2n) is 10.4. The van der Waals surface area contributed by atoms with Gasteiger partial charge in [0.05, 0.1) is 16.8 Å². The van der Waals surface area contributed by atoms with Gasteiger partial charge in [-0.2, -0.15) is 0 Å². The molecule has 0 amide bonds. The Kier molecular flexibility index (Phi) is 6.97. The molecule has 3 aliphatic carbocycles. The zero-order valence-corrected chi connectivity index (χ0v) is 18.6. The first kappa shape index (κ1) is 21.6. The van der Waals surface area contributed by atoms with Crippen LogP contribution in [-0.2, 0) is 14.2 Å². The predicted octanol–water partition coefficient (Wildman–Crippen LogP) is 6.14. The standard InChI is InChI=1S/C24H44O3/c1-19(24(27-5)11-6-7-12-24)16-21-10-15-23(18-21,26-4)14-9-20-8-13-22(2,17-20)25-3/h19-21H,6-18H2,1-5H3. The number of hydrogen-bond acceptors (Lipinski definition) is 3. The summed E-state index contributed by atoms with van der Waals surface area (Å²) in [6, 6.07) is 0. The zero-order valence-electron chi connectivity index (χ0n) is 18.6. The van der Waals surface area contributed by atoms with E-state index in [-0.39, 0.29) is 16.8 Å². The van der Waals surface area contributed by atoms with Crippen LogP contribution in [0.15, 0.2) is 0 Å². The summed E-state index contributed by atoms with van der Waals surface area (Å²) in [6.45, 7) is 4.71. The maximum atomic E-state index is 6.16. The van der Waals surface area contributed by atoms with Crippen LogP contribution in [0, 0.1) is 17.8 Å². The van der Waals surface area contributed by atoms with E-state index < -0.39 is 0 Å². The van der Waals surface area contributed by atoms with Crippen LogP contribution >= 0.6 is 0 Å². The van der Waals surface area contributed by atoms with Crippen LogP contribution in [0.2, 0.25) is 0 Å². The molecule has 0 radical (unpaired) electrons. The van der Waals surface area contributed by atoms with E-state index in [0.29, 0.717) is 5.92 Å². The molecule has 0 bridgehead atoms. The third-order valence-electron chi connectivity index (χ3n) is 8.85. The lowest BCUT2D eigenvalue weighted by molar-refractivity contribution is -0.0571. The molecule has 5 atom stereocenters. The van der Waals surface area contributed by atoms with Crippen molar-refractivity contribution >= 4 is 0 Å². The van der Waals surface area contributed by atoms with Crippen LogP contribution in [0.1, 0.15) is 97.3 Å². The summed E-state index contributed by atoms with van der Waals surface area (Å²) >= 11 is 0. The van der Waals surface area contributed by atoms with Gasteiger partial charge in [0, 0.05) is 21.3 Å².